The SMILES string of the molecule is CCCCCN(CCC(CC)C(=O)c1ccc2ccccc2n1)C(=O)[C@@H](Cc1ccc(O)cc1)N(N)OS(=O)(=O)O. The summed E-state index contributed by atoms with van der Waals surface area (Å²) in [6, 6.07) is 15.8. The molecular weight excluding hydrogens is 548 g/mol. The number of nitrogens with two attached hydrogens (primary N) is 1. The molecule has 222 valence electrons. The van der Waals surface area contributed by atoms with E-state index < -0.39 is 28.3 Å². The van der Waals surface area contributed by atoms with E-state index in [1.807, 2.05) is 44.2 Å². The lowest BCUT2D eigenvalue weighted by Gasteiger charge is -2.31. The van der Waals surface area contributed by atoms with Gasteiger partial charge >= 0.3 is 10.4 Å². The number of aromatic nitrogens is 1. The molecule has 41 heavy (non-hydrogen) atoms. The van der Waals surface area contributed by atoms with Gasteiger partial charge in [0.15, 0.2) is 5.78 Å². The van der Waals surface area contributed by atoms with Crippen molar-refractivity contribution in [2.45, 2.75) is 58.4 Å². The third-order valence-corrected chi connectivity index (χ3v) is 7.30. The first kappa shape index (κ1) is 32.1. The van der Waals surface area contributed by atoms with Crippen LogP contribution in [-0.4, -0.2) is 64.0 Å². The molecule has 2 aromatic carbocycles. The monoisotopic (exact) mass is 586 g/mol. The van der Waals surface area contributed by atoms with Crippen molar-refractivity contribution in [2.24, 2.45) is 11.8 Å². The quantitative estimate of drug-likeness (QED) is 0.0732. The molecule has 2 atom stereocenters. The molecule has 1 aromatic heterocycles. The first-order valence-corrected chi connectivity index (χ1v) is 15.1. The lowest BCUT2D eigenvalue weighted by Crippen LogP contribution is -2.53. The molecule has 11 nitrogen and oxygen atoms in total. The number of pyridine rings is 1. The Hall–Kier alpha value is -3.42. The standard InChI is InChI=1S/C29H38N4O7S/c1-3-5-8-18-32(19-17-22(4-2)28(35)26-16-13-23-9-6-7-10-25(23)31-26)29(36)27(33(30)40-41(37,38)39)20-21-11-14-24(34)15-12-21/h6-7,9-16,22,27,34H,3-5,8,17-20,30H2,1-2H3,(H,37,38,39)/t22?,27-/m1/s1. The van der Waals surface area contributed by atoms with Crippen LogP contribution < -0.4 is 5.84 Å². The molecule has 0 bridgehead atoms. The Bertz CT molecular complexity index is 1420. The number of ketones is 1. The molecule has 0 aliphatic rings. The Morgan fingerprint density at radius 2 is 1.71 bits per heavy atom. The molecule has 0 saturated carbocycles. The van der Waals surface area contributed by atoms with Crippen LogP contribution in [0.3, 0.4) is 0 Å². The van der Waals surface area contributed by atoms with E-state index in [4.69, 9.17) is 5.84 Å². The molecule has 4 N–H and O–H groups in total. The summed E-state index contributed by atoms with van der Waals surface area (Å²) in [5.74, 6) is 4.82. The highest BCUT2D eigenvalue weighted by molar-refractivity contribution is 7.80. The van der Waals surface area contributed by atoms with Crippen LogP contribution >= 0.6 is 0 Å². The second-order valence-corrected chi connectivity index (χ2v) is 10.9. The Kier molecular flexibility index (Phi) is 11.7. The van der Waals surface area contributed by atoms with Crippen molar-refractivity contribution in [2.75, 3.05) is 13.1 Å². The molecule has 0 aliphatic carbocycles. The highest BCUT2D eigenvalue weighted by Crippen LogP contribution is 2.21. The van der Waals surface area contributed by atoms with Crippen LogP contribution in [0.15, 0.2) is 60.7 Å². The summed E-state index contributed by atoms with van der Waals surface area (Å²) in [6.07, 6.45) is 3.30. The first-order chi connectivity index (χ1) is 19.5. The van der Waals surface area contributed by atoms with E-state index in [1.54, 1.807) is 23.1 Å². The number of hydroxylamine groups is 1. The maximum Gasteiger partial charge on any atom is 0.414 e. The number of amides is 1. The number of Topliss-reactive ketones (excluding diaryl/α,β-unsaturated/α-hetero) is 1. The largest absolute Gasteiger partial charge is 0.508 e. The summed E-state index contributed by atoms with van der Waals surface area (Å²) < 4.78 is 36.5. The van der Waals surface area contributed by atoms with E-state index in [0.717, 1.165) is 23.7 Å². The molecule has 1 unspecified atom stereocenters. The third-order valence-electron chi connectivity index (χ3n) is 6.94. The number of carbonyl (C=O) groups excluding carboxylic acids is 2. The van der Waals surface area contributed by atoms with E-state index in [9.17, 15) is 27.7 Å². The van der Waals surface area contributed by atoms with Crippen LogP contribution in [0.1, 0.15) is 62.0 Å². The van der Waals surface area contributed by atoms with Gasteiger partial charge in [0.1, 0.15) is 17.5 Å². The van der Waals surface area contributed by atoms with Crippen LogP contribution in [-0.2, 0) is 25.9 Å². The molecule has 0 saturated heterocycles. The minimum atomic E-state index is -5.00. The molecule has 1 heterocycles. The number of phenolic OH excluding ortho intramolecular Hbond substituents is 1. The van der Waals surface area contributed by atoms with Crippen molar-refractivity contribution in [1.29, 1.82) is 0 Å². The number of aromatic hydroxyl groups is 1. The topological polar surface area (TPSA) is 163 Å². The summed E-state index contributed by atoms with van der Waals surface area (Å²) in [4.78, 5) is 33.3. The van der Waals surface area contributed by atoms with Gasteiger partial charge in [-0.3, -0.25) is 14.1 Å². The highest BCUT2D eigenvalue weighted by atomic mass is 32.3. The predicted octanol–water partition coefficient (Wildman–Crippen LogP) is 4.08. The van der Waals surface area contributed by atoms with Gasteiger partial charge in [0, 0.05) is 30.8 Å². The van der Waals surface area contributed by atoms with Crippen molar-refractivity contribution in [1.82, 2.24) is 15.1 Å². The maximum absolute atomic E-state index is 13.8. The second-order valence-electron chi connectivity index (χ2n) is 9.93. The molecule has 1 amide bonds. The van der Waals surface area contributed by atoms with Crippen LogP contribution in [0.2, 0.25) is 0 Å². The fraction of sp³-hybridized carbons (Fsp3) is 0.414. The van der Waals surface area contributed by atoms with Crippen LogP contribution in [0.25, 0.3) is 10.9 Å². The number of benzene rings is 2. The molecule has 0 spiro atoms. The summed E-state index contributed by atoms with van der Waals surface area (Å²) >= 11 is 0. The minimum Gasteiger partial charge on any atom is -0.508 e. The predicted molar refractivity (Wildman–Crippen MR) is 155 cm³/mol. The van der Waals surface area contributed by atoms with E-state index in [1.165, 1.54) is 12.1 Å². The number of rotatable bonds is 16. The Morgan fingerprint density at radius 1 is 1.00 bits per heavy atom. The van der Waals surface area contributed by atoms with Gasteiger partial charge < -0.3 is 10.0 Å². The summed E-state index contributed by atoms with van der Waals surface area (Å²) in [5, 5.41) is 10.9. The normalized spacial score (nSPS) is 13.3. The molecule has 0 radical (unpaired) electrons. The number of phenols is 1. The lowest BCUT2D eigenvalue weighted by molar-refractivity contribution is -0.156. The van der Waals surface area contributed by atoms with Gasteiger partial charge in [-0.1, -0.05) is 68.3 Å². The van der Waals surface area contributed by atoms with Crippen LogP contribution in [0.5, 0.6) is 5.75 Å². The number of hydrazine groups is 1. The number of para-hydroxylation sites is 1. The van der Waals surface area contributed by atoms with Crippen molar-refractivity contribution in [3.63, 3.8) is 0 Å². The van der Waals surface area contributed by atoms with Gasteiger partial charge in [0.05, 0.1) is 5.52 Å². The van der Waals surface area contributed by atoms with E-state index >= 15 is 0 Å². The number of unbranched alkanes of at least 4 members (excludes halogenated alkanes) is 2. The molecule has 3 rings (SSSR count). The Balaban J connectivity index is 1.82. The van der Waals surface area contributed by atoms with Crippen molar-refractivity contribution in [3.8, 4) is 5.75 Å². The number of hydrogen-bond donors (Lipinski definition) is 3. The van der Waals surface area contributed by atoms with Crippen LogP contribution in [0, 0.1) is 5.92 Å². The molecule has 12 heteroatoms. The summed E-state index contributed by atoms with van der Waals surface area (Å²) in [7, 11) is -5.00. The number of hydrogen-bond acceptors (Lipinski definition) is 9. The molecule has 0 aliphatic heterocycles. The summed E-state index contributed by atoms with van der Waals surface area (Å²) in [6.45, 7) is 4.51. The fourth-order valence-corrected chi connectivity index (χ4v) is 4.96. The Labute approximate surface area is 240 Å². The molecular formula is C29H38N4O7S. The van der Waals surface area contributed by atoms with Crippen molar-refractivity contribution < 1.29 is 31.9 Å². The smallest absolute Gasteiger partial charge is 0.414 e. The van der Waals surface area contributed by atoms with Gasteiger partial charge in [0.2, 0.25) is 5.91 Å². The average molecular weight is 587 g/mol. The number of fused-ring (bicyclic) bond motifs is 1. The molecule has 3 aromatic rings. The number of carbonyl (C=O) groups is 2. The average Bonchev–Trinajstić information content (AvgIpc) is 2.94. The third kappa shape index (κ3) is 9.58. The van der Waals surface area contributed by atoms with Gasteiger partial charge in [0.25, 0.3) is 0 Å². The van der Waals surface area contributed by atoms with E-state index in [0.29, 0.717) is 42.2 Å². The van der Waals surface area contributed by atoms with Gasteiger partial charge in [-0.25, -0.2) is 10.8 Å². The zero-order valence-corrected chi connectivity index (χ0v) is 24.2. The summed E-state index contributed by atoms with van der Waals surface area (Å²) in [5.41, 5.74) is 1.66. The fourth-order valence-electron chi connectivity index (χ4n) is 4.64. The maximum atomic E-state index is 13.8. The zero-order valence-electron chi connectivity index (χ0n) is 23.3. The first-order valence-electron chi connectivity index (χ1n) is 13.7. The number of nitrogens with zero attached hydrogens (tertiary/aromatic N) is 3. The second kappa shape index (κ2) is 15.0. The van der Waals surface area contributed by atoms with Gasteiger partial charge in [-0.15, -0.1) is 4.28 Å². The van der Waals surface area contributed by atoms with Crippen molar-refractivity contribution in [3.05, 3.63) is 71.9 Å². The zero-order chi connectivity index (χ0) is 30.0. The van der Waals surface area contributed by atoms with Gasteiger partial charge in [-0.05, 0) is 49.1 Å². The Morgan fingerprint density at radius 3 is 2.37 bits per heavy atom. The lowest BCUT2D eigenvalue weighted by atomic mass is 9.94. The van der Waals surface area contributed by atoms with Crippen LogP contribution in [0.4, 0.5) is 0 Å². The van der Waals surface area contributed by atoms with E-state index in [2.05, 4.69) is 9.27 Å². The van der Waals surface area contributed by atoms with Crippen molar-refractivity contribution >= 4 is 33.0 Å². The highest BCUT2D eigenvalue weighted by Gasteiger charge is 2.33. The minimum absolute atomic E-state index is 0.0211. The van der Waals surface area contributed by atoms with Gasteiger partial charge in [-0.2, -0.15) is 8.42 Å². The van der Waals surface area contributed by atoms with E-state index in [-0.39, 0.29) is 24.5 Å². The molecule has 0 fully saturated rings.